The molecular weight excluding hydrogens is 404 g/mol. The van der Waals surface area contributed by atoms with Crippen LogP contribution in [0.1, 0.15) is 68.9 Å². The van der Waals surface area contributed by atoms with Crippen molar-refractivity contribution in [2.45, 2.75) is 82.7 Å². The number of carbonyl (C=O) groups is 1. The van der Waals surface area contributed by atoms with Crippen LogP contribution in [0, 0.1) is 24.7 Å². The first-order chi connectivity index (χ1) is 15.0. The predicted octanol–water partition coefficient (Wildman–Crippen LogP) is 5.41. The van der Waals surface area contributed by atoms with Crippen molar-refractivity contribution in [3.63, 3.8) is 0 Å². The second-order valence-electron chi connectivity index (χ2n) is 10.7. The highest BCUT2D eigenvalue weighted by Gasteiger charge is 2.52. The molecule has 1 aliphatic heterocycles. The molecular formula is C26H36N2O2S. The Morgan fingerprint density at radius 3 is 2.42 bits per heavy atom. The van der Waals surface area contributed by atoms with Gasteiger partial charge in [0.15, 0.2) is 5.05 Å². The normalized spacial score (nSPS) is 33.5. The molecule has 4 nitrogen and oxygen atoms in total. The molecule has 1 aromatic rings. The van der Waals surface area contributed by atoms with Crippen LogP contribution in [0.3, 0.4) is 0 Å². The fourth-order valence-corrected chi connectivity index (χ4v) is 7.45. The first-order valence-electron chi connectivity index (χ1n) is 12.3. The maximum absolute atomic E-state index is 13.3. The van der Waals surface area contributed by atoms with Crippen LogP contribution < -0.4 is 5.32 Å². The number of hydrogen-bond acceptors (Lipinski definition) is 3. The van der Waals surface area contributed by atoms with Crippen LogP contribution in [0.25, 0.3) is 0 Å². The van der Waals surface area contributed by atoms with Gasteiger partial charge in [-0.3, -0.25) is 0 Å². The molecule has 1 saturated heterocycles. The number of ether oxygens (including phenoxy) is 1. The summed E-state index contributed by atoms with van der Waals surface area (Å²) in [6.45, 7) is 3.52. The van der Waals surface area contributed by atoms with Crippen LogP contribution >= 0.6 is 12.2 Å². The highest BCUT2D eigenvalue weighted by atomic mass is 32.1. The maximum Gasteiger partial charge on any atom is 0.318 e. The van der Waals surface area contributed by atoms with Crippen molar-refractivity contribution in [2.24, 2.45) is 17.8 Å². The van der Waals surface area contributed by atoms with Gasteiger partial charge in [0.1, 0.15) is 6.04 Å². The molecule has 4 saturated carbocycles. The fraction of sp³-hybridized carbons (Fsp3) is 0.692. The van der Waals surface area contributed by atoms with E-state index >= 15 is 0 Å². The number of aryl methyl sites for hydroxylation is 2. The number of benzene rings is 1. The van der Waals surface area contributed by atoms with Crippen LogP contribution in [-0.2, 0) is 11.2 Å². The number of urea groups is 1. The monoisotopic (exact) mass is 440 g/mol. The third-order valence-corrected chi connectivity index (χ3v) is 8.56. The zero-order valence-corrected chi connectivity index (χ0v) is 19.6. The van der Waals surface area contributed by atoms with E-state index in [1.54, 1.807) is 0 Å². The first kappa shape index (κ1) is 21.2. The summed E-state index contributed by atoms with van der Waals surface area (Å²) in [7, 11) is 0. The third-order valence-electron chi connectivity index (χ3n) is 8.17. The number of thiocarbonyl (C=S) groups is 1. The number of carbonyl (C=O) groups excluding carboxylic acids is 1. The Morgan fingerprint density at radius 1 is 1.13 bits per heavy atom. The molecule has 0 radical (unpaired) electrons. The van der Waals surface area contributed by atoms with E-state index in [9.17, 15) is 4.79 Å². The minimum absolute atomic E-state index is 0.0511. The molecule has 1 atom stereocenters. The van der Waals surface area contributed by atoms with Gasteiger partial charge in [0, 0.05) is 12.1 Å². The average Bonchev–Trinajstić information content (AvgIpc) is 3.21. The van der Waals surface area contributed by atoms with Crippen LogP contribution in [0.15, 0.2) is 24.3 Å². The van der Waals surface area contributed by atoms with Gasteiger partial charge in [-0.2, -0.15) is 0 Å². The summed E-state index contributed by atoms with van der Waals surface area (Å²) in [5.74, 6) is 2.50. The Hall–Kier alpha value is -1.62. The minimum atomic E-state index is -0.0525. The Balaban J connectivity index is 1.12. The van der Waals surface area contributed by atoms with Crippen molar-refractivity contribution < 1.29 is 9.53 Å². The summed E-state index contributed by atoms with van der Waals surface area (Å²) in [5.41, 5.74) is 2.67. The molecule has 2 amide bonds. The molecule has 0 aromatic heterocycles. The summed E-state index contributed by atoms with van der Waals surface area (Å²) in [6, 6.07) is 8.71. The number of likely N-dealkylation sites (tertiary alicyclic amines) is 1. The highest BCUT2D eigenvalue weighted by Crippen LogP contribution is 2.55. The average molecular weight is 441 g/mol. The number of amides is 2. The second-order valence-corrected chi connectivity index (χ2v) is 11.1. The maximum atomic E-state index is 13.3. The molecule has 6 rings (SSSR count). The SMILES string of the molecule is Cc1ccc(CCCOC(=S)[C@@H]2CCCN2C(=O)NC23CC4CC(CC(C4)C2)C3)cc1. The highest BCUT2D eigenvalue weighted by molar-refractivity contribution is 7.80. The topological polar surface area (TPSA) is 41.6 Å². The van der Waals surface area contributed by atoms with E-state index in [0.717, 1.165) is 50.0 Å². The Kier molecular flexibility index (Phi) is 5.98. The van der Waals surface area contributed by atoms with Crippen molar-refractivity contribution in [3.05, 3.63) is 35.4 Å². The van der Waals surface area contributed by atoms with Gasteiger partial charge in [0.2, 0.25) is 0 Å². The van der Waals surface area contributed by atoms with E-state index in [2.05, 4.69) is 36.5 Å². The van der Waals surface area contributed by atoms with E-state index in [1.807, 2.05) is 4.90 Å². The van der Waals surface area contributed by atoms with Gasteiger partial charge < -0.3 is 15.0 Å². The fourth-order valence-electron chi connectivity index (χ4n) is 7.12. The molecule has 5 aliphatic rings. The van der Waals surface area contributed by atoms with E-state index in [0.29, 0.717) is 11.7 Å². The molecule has 5 heteroatoms. The Morgan fingerprint density at radius 2 is 1.77 bits per heavy atom. The first-order valence-corrected chi connectivity index (χ1v) is 12.7. The lowest BCUT2D eigenvalue weighted by atomic mass is 9.53. The smallest absolute Gasteiger partial charge is 0.318 e. The van der Waals surface area contributed by atoms with Gasteiger partial charge in [0.05, 0.1) is 6.61 Å². The molecule has 4 aliphatic carbocycles. The molecule has 0 spiro atoms. The van der Waals surface area contributed by atoms with Crippen molar-refractivity contribution in [2.75, 3.05) is 13.2 Å². The number of hydrogen-bond donors (Lipinski definition) is 1. The second kappa shape index (κ2) is 8.73. The van der Waals surface area contributed by atoms with E-state index < -0.39 is 0 Å². The largest absolute Gasteiger partial charge is 0.485 e. The lowest BCUT2D eigenvalue weighted by Gasteiger charge is -2.57. The van der Waals surface area contributed by atoms with Gasteiger partial charge in [-0.1, -0.05) is 29.8 Å². The molecule has 5 fully saturated rings. The summed E-state index contributed by atoms with van der Waals surface area (Å²) in [4.78, 5) is 15.2. The summed E-state index contributed by atoms with van der Waals surface area (Å²) >= 11 is 5.63. The zero-order valence-electron chi connectivity index (χ0n) is 18.8. The number of nitrogens with zero attached hydrogens (tertiary/aromatic N) is 1. The van der Waals surface area contributed by atoms with Gasteiger partial charge in [-0.25, -0.2) is 4.79 Å². The van der Waals surface area contributed by atoms with Crippen LogP contribution in [0.2, 0.25) is 0 Å². The molecule has 31 heavy (non-hydrogen) atoms. The van der Waals surface area contributed by atoms with Crippen LogP contribution in [0.4, 0.5) is 4.79 Å². The van der Waals surface area contributed by atoms with Crippen LogP contribution in [0.5, 0.6) is 0 Å². The van der Waals surface area contributed by atoms with Crippen molar-refractivity contribution in [1.82, 2.24) is 10.2 Å². The van der Waals surface area contributed by atoms with E-state index in [-0.39, 0.29) is 17.6 Å². The Bertz CT molecular complexity index is 786. The Labute approximate surface area is 192 Å². The summed E-state index contributed by atoms with van der Waals surface area (Å²) in [5, 5.41) is 4.12. The van der Waals surface area contributed by atoms with E-state index in [1.165, 1.54) is 49.7 Å². The minimum Gasteiger partial charge on any atom is -0.485 e. The quantitative estimate of drug-likeness (QED) is 0.475. The zero-order chi connectivity index (χ0) is 21.4. The van der Waals surface area contributed by atoms with Gasteiger partial charge >= 0.3 is 6.03 Å². The van der Waals surface area contributed by atoms with Crippen molar-refractivity contribution in [1.29, 1.82) is 0 Å². The standard InChI is InChI=1S/C26H36N2O2S/c1-18-6-8-19(9-7-18)4-3-11-30-24(31)23-5-2-10-28(23)25(29)27-26-15-20-12-21(16-26)14-22(13-20)17-26/h6-9,20-23H,2-5,10-17H2,1H3,(H,27,29)/t20?,21?,22?,23-,26?/m0/s1. The third kappa shape index (κ3) is 4.62. The molecule has 0 unspecified atom stereocenters. The van der Waals surface area contributed by atoms with Crippen molar-refractivity contribution >= 4 is 23.3 Å². The molecule has 1 aromatic carbocycles. The lowest BCUT2D eigenvalue weighted by Crippen LogP contribution is -2.62. The van der Waals surface area contributed by atoms with Gasteiger partial charge in [0.25, 0.3) is 0 Å². The number of rotatable bonds is 6. The van der Waals surface area contributed by atoms with E-state index in [4.69, 9.17) is 17.0 Å². The van der Waals surface area contributed by atoms with Gasteiger partial charge in [-0.15, -0.1) is 0 Å². The molecule has 1 heterocycles. The summed E-state index contributed by atoms with van der Waals surface area (Å²) in [6.07, 6.45) is 11.6. The summed E-state index contributed by atoms with van der Waals surface area (Å²) < 4.78 is 5.96. The number of nitrogens with one attached hydrogen (secondary N) is 1. The molecule has 1 N–H and O–H groups in total. The van der Waals surface area contributed by atoms with Crippen molar-refractivity contribution in [3.8, 4) is 0 Å². The lowest BCUT2D eigenvalue weighted by molar-refractivity contribution is -0.0156. The molecule has 168 valence electrons. The predicted molar refractivity (Wildman–Crippen MR) is 127 cm³/mol. The van der Waals surface area contributed by atoms with Gasteiger partial charge in [-0.05, 0) is 107 Å². The molecule has 4 bridgehead atoms. The van der Waals surface area contributed by atoms with Crippen LogP contribution in [-0.4, -0.2) is 40.7 Å².